The van der Waals surface area contributed by atoms with E-state index in [1.807, 2.05) is 6.07 Å². The highest BCUT2D eigenvalue weighted by molar-refractivity contribution is 5.46. The number of methoxy groups -OCH3 is 1. The molecule has 0 saturated carbocycles. The van der Waals surface area contributed by atoms with Crippen molar-refractivity contribution in [2.45, 2.75) is 38.1 Å². The SMILES string of the molecule is COc1cccc2c1CCC(N)C2(C)C. The standard InChI is InChI=1S/C13H19NO/c1-13(2)10-5-4-6-11(15-3)9(10)7-8-12(13)14/h4-6,12H,7-8,14H2,1-3H3. The summed E-state index contributed by atoms with van der Waals surface area (Å²) in [4.78, 5) is 0. The van der Waals surface area contributed by atoms with Gasteiger partial charge in [-0.1, -0.05) is 26.0 Å². The van der Waals surface area contributed by atoms with E-state index in [-0.39, 0.29) is 11.5 Å². The van der Waals surface area contributed by atoms with Gasteiger partial charge in [0.15, 0.2) is 0 Å². The molecule has 0 spiro atoms. The number of nitrogens with two attached hydrogens (primary N) is 1. The van der Waals surface area contributed by atoms with Crippen LogP contribution in [0.25, 0.3) is 0 Å². The Hall–Kier alpha value is -1.02. The minimum absolute atomic E-state index is 0.0577. The number of benzene rings is 1. The molecule has 0 fully saturated rings. The zero-order valence-electron chi connectivity index (χ0n) is 9.71. The van der Waals surface area contributed by atoms with Crippen molar-refractivity contribution in [2.24, 2.45) is 5.73 Å². The Bertz CT molecular complexity index is 371. The summed E-state index contributed by atoms with van der Waals surface area (Å²) < 4.78 is 5.40. The van der Waals surface area contributed by atoms with E-state index in [1.165, 1.54) is 11.1 Å². The van der Waals surface area contributed by atoms with E-state index < -0.39 is 0 Å². The molecule has 2 heteroatoms. The molecule has 82 valence electrons. The average Bonchev–Trinajstić information content (AvgIpc) is 2.23. The molecular weight excluding hydrogens is 186 g/mol. The van der Waals surface area contributed by atoms with Crippen molar-refractivity contribution in [3.63, 3.8) is 0 Å². The first-order valence-electron chi connectivity index (χ1n) is 5.49. The van der Waals surface area contributed by atoms with Crippen LogP contribution in [0, 0.1) is 0 Å². The van der Waals surface area contributed by atoms with E-state index in [2.05, 4.69) is 26.0 Å². The quantitative estimate of drug-likeness (QED) is 0.763. The molecule has 1 unspecified atom stereocenters. The maximum absolute atomic E-state index is 6.18. The second-order valence-electron chi connectivity index (χ2n) is 4.85. The van der Waals surface area contributed by atoms with Crippen LogP contribution in [0.4, 0.5) is 0 Å². The van der Waals surface area contributed by atoms with E-state index in [4.69, 9.17) is 10.5 Å². The summed E-state index contributed by atoms with van der Waals surface area (Å²) in [6.07, 6.45) is 2.07. The third kappa shape index (κ3) is 1.53. The molecule has 1 atom stereocenters. The number of fused-ring (bicyclic) bond motifs is 1. The van der Waals surface area contributed by atoms with E-state index in [0.29, 0.717) is 0 Å². The van der Waals surface area contributed by atoms with Crippen molar-refractivity contribution in [1.29, 1.82) is 0 Å². The van der Waals surface area contributed by atoms with Crippen LogP contribution in [-0.4, -0.2) is 13.2 Å². The van der Waals surface area contributed by atoms with Gasteiger partial charge in [0.05, 0.1) is 7.11 Å². The Morgan fingerprint density at radius 3 is 2.80 bits per heavy atom. The van der Waals surface area contributed by atoms with Gasteiger partial charge in [-0.3, -0.25) is 0 Å². The highest BCUT2D eigenvalue weighted by Gasteiger charge is 2.35. The highest BCUT2D eigenvalue weighted by atomic mass is 16.5. The predicted octanol–water partition coefficient (Wildman–Crippen LogP) is 2.25. The topological polar surface area (TPSA) is 35.2 Å². The number of hydrogen-bond acceptors (Lipinski definition) is 2. The normalized spacial score (nSPS) is 23.3. The third-order valence-corrected chi connectivity index (χ3v) is 3.68. The monoisotopic (exact) mass is 205 g/mol. The largest absolute Gasteiger partial charge is 0.496 e. The van der Waals surface area contributed by atoms with Crippen molar-refractivity contribution < 1.29 is 4.74 Å². The average molecular weight is 205 g/mol. The minimum atomic E-state index is 0.0577. The van der Waals surface area contributed by atoms with Gasteiger partial charge in [0.1, 0.15) is 5.75 Å². The summed E-state index contributed by atoms with van der Waals surface area (Å²) in [6, 6.07) is 6.51. The van der Waals surface area contributed by atoms with Crippen molar-refractivity contribution in [2.75, 3.05) is 7.11 Å². The lowest BCUT2D eigenvalue weighted by Crippen LogP contribution is -2.44. The Morgan fingerprint density at radius 2 is 2.13 bits per heavy atom. The van der Waals surface area contributed by atoms with E-state index in [9.17, 15) is 0 Å². The molecule has 0 heterocycles. The molecule has 2 nitrogen and oxygen atoms in total. The van der Waals surface area contributed by atoms with E-state index >= 15 is 0 Å². The van der Waals surface area contributed by atoms with Gasteiger partial charge in [0, 0.05) is 11.5 Å². The fourth-order valence-electron chi connectivity index (χ4n) is 2.48. The molecule has 1 aliphatic carbocycles. The van der Waals surface area contributed by atoms with Gasteiger partial charge >= 0.3 is 0 Å². The molecular formula is C13H19NO. The minimum Gasteiger partial charge on any atom is -0.496 e. The Labute approximate surface area is 91.4 Å². The summed E-state index contributed by atoms with van der Waals surface area (Å²) in [5.41, 5.74) is 8.92. The van der Waals surface area contributed by atoms with Gasteiger partial charge in [-0.15, -0.1) is 0 Å². The highest BCUT2D eigenvalue weighted by Crippen LogP contribution is 2.39. The van der Waals surface area contributed by atoms with Crippen molar-refractivity contribution in [3.05, 3.63) is 29.3 Å². The summed E-state index contributed by atoms with van der Waals surface area (Å²) in [5.74, 6) is 1.01. The lowest BCUT2D eigenvalue weighted by Gasteiger charge is -2.38. The summed E-state index contributed by atoms with van der Waals surface area (Å²) in [6.45, 7) is 4.43. The molecule has 2 N–H and O–H groups in total. The van der Waals surface area contributed by atoms with Gasteiger partial charge in [0.2, 0.25) is 0 Å². The summed E-state index contributed by atoms with van der Waals surface area (Å²) in [7, 11) is 1.73. The van der Waals surface area contributed by atoms with Crippen molar-refractivity contribution in [1.82, 2.24) is 0 Å². The smallest absolute Gasteiger partial charge is 0.122 e. The third-order valence-electron chi connectivity index (χ3n) is 3.68. The van der Waals surface area contributed by atoms with Gasteiger partial charge in [-0.2, -0.15) is 0 Å². The number of rotatable bonds is 1. The summed E-state index contributed by atoms with van der Waals surface area (Å²) in [5, 5.41) is 0. The van der Waals surface area contributed by atoms with E-state index in [1.54, 1.807) is 7.11 Å². The van der Waals surface area contributed by atoms with Crippen LogP contribution in [-0.2, 0) is 11.8 Å². The second-order valence-corrected chi connectivity index (χ2v) is 4.85. The molecule has 0 radical (unpaired) electrons. The molecule has 0 aliphatic heterocycles. The molecule has 0 aromatic heterocycles. The maximum atomic E-state index is 6.18. The fourth-order valence-corrected chi connectivity index (χ4v) is 2.48. The van der Waals surface area contributed by atoms with Crippen LogP contribution in [0.15, 0.2) is 18.2 Å². The van der Waals surface area contributed by atoms with Gasteiger partial charge in [-0.05, 0) is 30.0 Å². The molecule has 15 heavy (non-hydrogen) atoms. The zero-order chi connectivity index (χ0) is 11.1. The van der Waals surface area contributed by atoms with Crippen LogP contribution in [0.3, 0.4) is 0 Å². The Morgan fingerprint density at radius 1 is 1.40 bits per heavy atom. The van der Waals surface area contributed by atoms with Crippen LogP contribution >= 0.6 is 0 Å². The van der Waals surface area contributed by atoms with Crippen molar-refractivity contribution >= 4 is 0 Å². The first-order chi connectivity index (χ1) is 7.07. The fraction of sp³-hybridized carbons (Fsp3) is 0.538. The van der Waals surface area contributed by atoms with Gasteiger partial charge in [0.25, 0.3) is 0 Å². The Balaban J connectivity index is 2.56. The lowest BCUT2D eigenvalue weighted by molar-refractivity contribution is 0.349. The molecule has 1 aromatic rings. The molecule has 0 bridgehead atoms. The number of ether oxygens (including phenoxy) is 1. The maximum Gasteiger partial charge on any atom is 0.122 e. The molecule has 1 aliphatic rings. The van der Waals surface area contributed by atoms with Crippen LogP contribution in [0.2, 0.25) is 0 Å². The van der Waals surface area contributed by atoms with Crippen molar-refractivity contribution in [3.8, 4) is 5.75 Å². The summed E-state index contributed by atoms with van der Waals surface area (Å²) >= 11 is 0. The van der Waals surface area contributed by atoms with Crippen LogP contribution in [0.5, 0.6) is 5.75 Å². The number of hydrogen-bond donors (Lipinski definition) is 1. The van der Waals surface area contributed by atoms with Crippen LogP contribution < -0.4 is 10.5 Å². The molecule has 0 saturated heterocycles. The van der Waals surface area contributed by atoms with Gasteiger partial charge < -0.3 is 10.5 Å². The molecule has 0 amide bonds. The molecule has 1 aromatic carbocycles. The first-order valence-corrected chi connectivity index (χ1v) is 5.49. The first kappa shape index (κ1) is 10.5. The zero-order valence-corrected chi connectivity index (χ0v) is 9.71. The molecule has 2 rings (SSSR count). The Kier molecular flexibility index (Phi) is 2.47. The van der Waals surface area contributed by atoms with Gasteiger partial charge in [-0.25, -0.2) is 0 Å². The van der Waals surface area contributed by atoms with Crippen LogP contribution in [0.1, 0.15) is 31.4 Å². The van der Waals surface area contributed by atoms with E-state index in [0.717, 1.165) is 18.6 Å². The lowest BCUT2D eigenvalue weighted by atomic mass is 9.69. The second kappa shape index (κ2) is 3.53. The predicted molar refractivity (Wildman–Crippen MR) is 62.3 cm³/mol.